The molecule has 0 aromatic carbocycles. The largest absolute Gasteiger partial charge is 0.462 e. The summed E-state index contributed by atoms with van der Waals surface area (Å²) < 4.78 is 19.3. The highest BCUT2D eigenvalue weighted by molar-refractivity contribution is 5.69. The molecule has 12 atom stereocenters. The molecule has 0 N–H and O–H groups in total. The zero-order chi connectivity index (χ0) is 24.6. The van der Waals surface area contributed by atoms with Gasteiger partial charge in [0, 0.05) is 18.8 Å². The maximum Gasteiger partial charge on any atom is 0.306 e. The predicted molar refractivity (Wildman–Crippen MR) is 137 cm³/mol. The van der Waals surface area contributed by atoms with Crippen molar-refractivity contribution >= 4 is 5.97 Å². The fraction of sp³-hybridized carbons (Fsp3) is 0.968. The summed E-state index contributed by atoms with van der Waals surface area (Å²) in [6, 6.07) is 0. The molecule has 6 rings (SSSR count). The van der Waals surface area contributed by atoms with Crippen molar-refractivity contribution < 1.29 is 19.0 Å². The second kappa shape index (κ2) is 8.72. The van der Waals surface area contributed by atoms with Crippen LogP contribution in [-0.2, 0) is 19.0 Å². The highest BCUT2D eigenvalue weighted by Crippen LogP contribution is 2.71. The molecule has 4 aliphatic carbocycles. The van der Waals surface area contributed by atoms with Crippen LogP contribution in [0.3, 0.4) is 0 Å². The normalized spacial score (nSPS) is 55.1. The van der Waals surface area contributed by atoms with Crippen molar-refractivity contribution in [2.75, 3.05) is 6.61 Å². The Balaban J connectivity index is 1.17. The molecule has 1 spiro atoms. The maximum atomic E-state index is 12.1. The standard InChI is InChI=1S/C31H50O4/c1-6-7-27(32)34-22-11-13-29(4)21(16-22)8-9-23-24(29)12-14-30(5)25(23)17-26-28(30)20(3)31(35-26)15-10-19(2)18-33-31/h19-26,28H,6-18H2,1-5H3/t19-,20+,21+,22+,23+,24-,25+,26-,28-,29-,30-,31+/m0/s1. The highest BCUT2D eigenvalue weighted by Gasteiger charge is 2.69. The van der Waals surface area contributed by atoms with Crippen molar-refractivity contribution in [2.45, 2.75) is 130 Å². The van der Waals surface area contributed by atoms with Gasteiger partial charge in [-0.05, 0) is 111 Å². The number of ether oxygens (including phenoxy) is 3. The van der Waals surface area contributed by atoms with Gasteiger partial charge in [-0.2, -0.15) is 0 Å². The molecule has 4 nitrogen and oxygen atoms in total. The second-order valence-corrected chi connectivity index (χ2v) is 14.3. The minimum atomic E-state index is -0.302. The van der Waals surface area contributed by atoms with Gasteiger partial charge in [-0.15, -0.1) is 0 Å². The smallest absolute Gasteiger partial charge is 0.306 e. The van der Waals surface area contributed by atoms with Crippen molar-refractivity contribution in [2.24, 2.45) is 52.3 Å². The monoisotopic (exact) mass is 486 g/mol. The summed E-state index contributed by atoms with van der Waals surface area (Å²) in [5.74, 6) is 4.74. The molecule has 6 fully saturated rings. The lowest BCUT2D eigenvalue weighted by Crippen LogP contribution is -2.55. The van der Waals surface area contributed by atoms with E-state index >= 15 is 0 Å². The van der Waals surface area contributed by atoms with Gasteiger partial charge in [-0.1, -0.05) is 34.6 Å². The van der Waals surface area contributed by atoms with Gasteiger partial charge < -0.3 is 14.2 Å². The summed E-state index contributed by atoms with van der Waals surface area (Å²) in [6.07, 6.45) is 14.4. The van der Waals surface area contributed by atoms with Crippen molar-refractivity contribution in [3.8, 4) is 0 Å². The predicted octanol–water partition coefficient (Wildman–Crippen LogP) is 7.14. The summed E-state index contributed by atoms with van der Waals surface area (Å²) in [4.78, 5) is 12.1. The molecule has 0 amide bonds. The van der Waals surface area contributed by atoms with E-state index in [1.165, 1.54) is 44.9 Å². The van der Waals surface area contributed by atoms with Gasteiger partial charge in [-0.25, -0.2) is 0 Å². The number of carbonyl (C=O) groups is 1. The Hall–Kier alpha value is -0.610. The lowest BCUT2D eigenvalue weighted by molar-refractivity contribution is -0.273. The van der Waals surface area contributed by atoms with E-state index in [1.54, 1.807) is 0 Å². The highest BCUT2D eigenvalue weighted by atomic mass is 16.7. The van der Waals surface area contributed by atoms with Gasteiger partial charge in [0.15, 0.2) is 5.79 Å². The zero-order valence-electron chi connectivity index (χ0n) is 23.0. The minimum absolute atomic E-state index is 0.0176. The van der Waals surface area contributed by atoms with Crippen molar-refractivity contribution in [1.82, 2.24) is 0 Å². The number of fused-ring (bicyclic) bond motifs is 7. The number of carbonyl (C=O) groups excluding carboxylic acids is 1. The summed E-state index contributed by atoms with van der Waals surface area (Å²) >= 11 is 0. The first-order valence-corrected chi connectivity index (χ1v) is 15.2. The van der Waals surface area contributed by atoms with Gasteiger partial charge in [0.25, 0.3) is 0 Å². The molecular weight excluding hydrogens is 436 g/mol. The number of hydrogen-bond acceptors (Lipinski definition) is 4. The number of esters is 1. The molecule has 6 aliphatic rings. The Bertz CT molecular complexity index is 817. The van der Waals surface area contributed by atoms with Crippen LogP contribution in [0.25, 0.3) is 0 Å². The Morgan fingerprint density at radius 1 is 0.943 bits per heavy atom. The van der Waals surface area contributed by atoms with Crippen molar-refractivity contribution in [3.63, 3.8) is 0 Å². The molecule has 2 heterocycles. The Kier molecular flexibility index (Phi) is 6.15. The third-order valence-corrected chi connectivity index (χ3v) is 12.6. The van der Waals surface area contributed by atoms with Crippen LogP contribution in [0.15, 0.2) is 0 Å². The Morgan fingerprint density at radius 2 is 1.74 bits per heavy atom. The molecule has 35 heavy (non-hydrogen) atoms. The lowest BCUT2D eigenvalue weighted by atomic mass is 9.44. The lowest BCUT2D eigenvalue weighted by Gasteiger charge is -2.61. The van der Waals surface area contributed by atoms with Crippen LogP contribution < -0.4 is 0 Å². The molecule has 0 aromatic heterocycles. The Morgan fingerprint density at radius 3 is 2.49 bits per heavy atom. The van der Waals surface area contributed by atoms with Gasteiger partial charge in [0.1, 0.15) is 6.10 Å². The van der Waals surface area contributed by atoms with Crippen LogP contribution in [0.2, 0.25) is 0 Å². The molecule has 0 aromatic rings. The van der Waals surface area contributed by atoms with Crippen LogP contribution in [0, 0.1) is 52.3 Å². The SMILES string of the molecule is CCCC(=O)O[C@@H]1CC[C@@]2(C)[C@H](CC[C@H]3[C@H]4C[C@@H]5O[C@]6(CC[C@H](C)CO6)[C@H](C)[C@@H]5[C@@]4(C)CC[C@@H]32)C1. The third-order valence-electron chi connectivity index (χ3n) is 12.6. The molecule has 4 saturated carbocycles. The first-order valence-electron chi connectivity index (χ1n) is 15.2. The number of rotatable bonds is 3. The molecule has 2 aliphatic heterocycles. The summed E-state index contributed by atoms with van der Waals surface area (Å²) in [5.41, 5.74) is 0.823. The average Bonchev–Trinajstić information content (AvgIpc) is 3.26. The second-order valence-electron chi connectivity index (χ2n) is 14.3. The van der Waals surface area contributed by atoms with E-state index < -0.39 is 0 Å². The van der Waals surface area contributed by atoms with E-state index in [2.05, 4.69) is 34.6 Å². The van der Waals surface area contributed by atoms with Crippen molar-refractivity contribution in [3.05, 3.63) is 0 Å². The van der Waals surface area contributed by atoms with Crippen LogP contribution in [0.4, 0.5) is 0 Å². The van der Waals surface area contributed by atoms with Crippen LogP contribution in [0.1, 0.15) is 112 Å². The summed E-state index contributed by atoms with van der Waals surface area (Å²) in [7, 11) is 0. The van der Waals surface area contributed by atoms with E-state index in [0.717, 1.165) is 56.0 Å². The van der Waals surface area contributed by atoms with Gasteiger partial charge in [0.2, 0.25) is 0 Å². The molecule has 0 radical (unpaired) electrons. The van der Waals surface area contributed by atoms with Gasteiger partial charge >= 0.3 is 5.97 Å². The summed E-state index contributed by atoms with van der Waals surface area (Å²) in [6.45, 7) is 12.9. The van der Waals surface area contributed by atoms with E-state index in [1.807, 2.05) is 0 Å². The zero-order valence-corrected chi connectivity index (χ0v) is 23.0. The quantitative estimate of drug-likeness (QED) is 0.398. The van der Waals surface area contributed by atoms with Crippen LogP contribution in [-0.4, -0.2) is 30.6 Å². The fourth-order valence-corrected chi connectivity index (χ4v) is 10.8. The molecule has 198 valence electrons. The molecule has 0 bridgehead atoms. The van der Waals surface area contributed by atoms with E-state index in [4.69, 9.17) is 14.2 Å². The third kappa shape index (κ3) is 3.69. The van der Waals surface area contributed by atoms with Crippen LogP contribution >= 0.6 is 0 Å². The molecular formula is C31H50O4. The minimum Gasteiger partial charge on any atom is -0.462 e. The topological polar surface area (TPSA) is 44.8 Å². The van der Waals surface area contributed by atoms with E-state index in [-0.39, 0.29) is 17.9 Å². The average molecular weight is 487 g/mol. The molecule has 2 saturated heterocycles. The first kappa shape index (κ1) is 24.7. The Labute approximate surface area is 213 Å². The van der Waals surface area contributed by atoms with E-state index in [9.17, 15) is 4.79 Å². The van der Waals surface area contributed by atoms with Gasteiger partial charge in [-0.3, -0.25) is 4.79 Å². The van der Waals surface area contributed by atoms with Crippen LogP contribution in [0.5, 0.6) is 0 Å². The fourth-order valence-electron chi connectivity index (χ4n) is 10.8. The molecule has 4 heteroatoms. The molecule has 0 unspecified atom stereocenters. The van der Waals surface area contributed by atoms with Crippen molar-refractivity contribution in [1.29, 1.82) is 0 Å². The number of hydrogen-bond donors (Lipinski definition) is 0. The maximum absolute atomic E-state index is 12.1. The first-order chi connectivity index (χ1) is 16.7. The van der Waals surface area contributed by atoms with Gasteiger partial charge in [0.05, 0.1) is 12.7 Å². The summed E-state index contributed by atoms with van der Waals surface area (Å²) in [5, 5.41) is 0. The van der Waals surface area contributed by atoms with E-state index in [0.29, 0.717) is 41.1 Å².